The number of nitrogens with zero attached hydrogens (tertiary/aromatic N) is 2. The van der Waals surface area contributed by atoms with Crippen molar-refractivity contribution in [3.05, 3.63) is 23.5 Å². The summed E-state index contributed by atoms with van der Waals surface area (Å²) in [4.78, 5) is 4.53. The lowest BCUT2D eigenvalue weighted by molar-refractivity contribution is 0.00578. The largest absolute Gasteiger partial charge is 0.498 e. The van der Waals surface area contributed by atoms with Crippen LogP contribution in [0.5, 0.6) is 0 Å². The van der Waals surface area contributed by atoms with Crippen LogP contribution in [0.4, 0.5) is 0 Å². The quantitative estimate of drug-likeness (QED) is 0.528. The van der Waals surface area contributed by atoms with Crippen molar-refractivity contribution in [2.24, 2.45) is 0 Å². The number of ether oxygens (including phenoxy) is 1. The first-order chi connectivity index (χ1) is 12.4. The highest BCUT2D eigenvalue weighted by molar-refractivity contribution is 6.76. The van der Waals surface area contributed by atoms with Crippen LogP contribution in [0.25, 0.3) is 11.0 Å². The Morgan fingerprint density at radius 3 is 2.41 bits per heavy atom. The van der Waals surface area contributed by atoms with E-state index in [0.29, 0.717) is 11.9 Å². The molecule has 0 aliphatic carbocycles. The third kappa shape index (κ3) is 4.12. The van der Waals surface area contributed by atoms with Crippen LogP contribution in [-0.2, 0) is 20.8 Å². The van der Waals surface area contributed by atoms with E-state index in [-0.39, 0.29) is 0 Å². The second-order valence-electron chi connectivity index (χ2n) is 9.44. The zero-order chi connectivity index (χ0) is 20.0. The first-order valence-corrected chi connectivity index (χ1v) is 13.6. The molecule has 0 amide bonds. The van der Waals surface area contributed by atoms with Gasteiger partial charge < -0.3 is 14.0 Å². The average molecular weight is 409 g/mol. The van der Waals surface area contributed by atoms with E-state index < -0.39 is 26.4 Å². The summed E-state index contributed by atoms with van der Waals surface area (Å²) in [6.45, 7) is 16.3. The van der Waals surface area contributed by atoms with Gasteiger partial charge in [-0.15, -0.1) is 0 Å². The Hall–Kier alpha value is -0.858. The molecule has 27 heavy (non-hydrogen) atoms. The Morgan fingerprint density at radius 2 is 1.81 bits per heavy atom. The Bertz CT molecular complexity index is 816. The van der Waals surface area contributed by atoms with E-state index in [1.807, 2.05) is 44.4 Å². The van der Waals surface area contributed by atoms with E-state index in [0.717, 1.165) is 29.1 Å². The van der Waals surface area contributed by atoms with E-state index in [9.17, 15) is 0 Å². The van der Waals surface area contributed by atoms with Crippen molar-refractivity contribution in [1.82, 2.24) is 9.55 Å². The van der Waals surface area contributed by atoms with Crippen LogP contribution in [0.2, 0.25) is 30.8 Å². The van der Waals surface area contributed by atoms with Crippen LogP contribution in [0.1, 0.15) is 27.7 Å². The molecule has 1 aliphatic heterocycles. The Balaban J connectivity index is 1.90. The van der Waals surface area contributed by atoms with Gasteiger partial charge in [-0.05, 0) is 45.9 Å². The summed E-state index contributed by atoms with van der Waals surface area (Å²) in [6.07, 6.45) is 1.77. The van der Waals surface area contributed by atoms with Crippen molar-refractivity contribution in [1.29, 1.82) is 0 Å². The molecule has 0 spiro atoms. The molecule has 2 aromatic heterocycles. The first kappa shape index (κ1) is 20.9. The molecule has 1 saturated heterocycles. The van der Waals surface area contributed by atoms with E-state index in [1.54, 1.807) is 6.20 Å². The fourth-order valence-electron chi connectivity index (χ4n) is 3.01. The van der Waals surface area contributed by atoms with Crippen molar-refractivity contribution in [2.75, 3.05) is 6.61 Å². The molecule has 0 bridgehead atoms. The van der Waals surface area contributed by atoms with Gasteiger partial charge in [0.25, 0.3) is 0 Å². The first-order valence-electron chi connectivity index (χ1n) is 9.49. The molecule has 0 unspecified atom stereocenters. The van der Waals surface area contributed by atoms with E-state index in [4.69, 9.17) is 25.6 Å². The van der Waals surface area contributed by atoms with Crippen molar-refractivity contribution in [3.8, 4) is 0 Å². The van der Waals surface area contributed by atoms with Gasteiger partial charge in [-0.25, -0.2) is 4.98 Å². The molecular formula is C19H30BClN2O3Si. The second-order valence-corrected chi connectivity index (χ2v) is 15.4. The number of hydrogen-bond acceptors (Lipinski definition) is 4. The summed E-state index contributed by atoms with van der Waals surface area (Å²) >= 11 is 6.78. The van der Waals surface area contributed by atoms with Gasteiger partial charge in [-0.3, -0.25) is 4.57 Å². The number of fused-ring (bicyclic) bond motifs is 1. The molecule has 0 saturated carbocycles. The average Bonchev–Trinajstić information content (AvgIpc) is 2.92. The van der Waals surface area contributed by atoms with Crippen LogP contribution in [0.15, 0.2) is 18.3 Å². The summed E-state index contributed by atoms with van der Waals surface area (Å²) in [5.41, 5.74) is 0.768. The summed E-state index contributed by atoms with van der Waals surface area (Å²) in [5, 5.41) is 1.50. The number of pyridine rings is 1. The van der Waals surface area contributed by atoms with Gasteiger partial charge in [0.1, 0.15) is 17.5 Å². The summed E-state index contributed by atoms with van der Waals surface area (Å²) < 4.78 is 20.3. The SMILES string of the molecule is CC1(C)OB(c2c(Cl)n(COCC[Si](C)(C)C)c3ncccc23)OC1(C)C. The summed E-state index contributed by atoms with van der Waals surface area (Å²) in [5.74, 6) is 0. The molecule has 0 aromatic carbocycles. The van der Waals surface area contributed by atoms with Crippen molar-refractivity contribution < 1.29 is 14.0 Å². The molecule has 0 N–H and O–H groups in total. The zero-order valence-corrected chi connectivity index (χ0v) is 19.2. The molecule has 5 nitrogen and oxygen atoms in total. The molecule has 148 valence electrons. The van der Waals surface area contributed by atoms with Crippen molar-refractivity contribution in [2.45, 2.75) is 71.3 Å². The Morgan fingerprint density at radius 1 is 1.19 bits per heavy atom. The van der Waals surface area contributed by atoms with Crippen molar-refractivity contribution >= 4 is 43.3 Å². The standard InChI is InChI=1S/C19H30BClN2O3Si/c1-18(2)19(3,4)26-20(25-18)15-14-9-8-10-22-17(14)23(16(15)21)13-24-11-12-27(5,6)7/h8-10H,11-13H2,1-7H3. The van der Waals surface area contributed by atoms with Crippen molar-refractivity contribution in [3.63, 3.8) is 0 Å². The Labute approximate surface area is 168 Å². The van der Waals surface area contributed by atoms with Crippen LogP contribution < -0.4 is 5.46 Å². The zero-order valence-electron chi connectivity index (χ0n) is 17.4. The van der Waals surface area contributed by atoms with E-state index in [1.165, 1.54) is 0 Å². The second kappa shape index (κ2) is 7.19. The van der Waals surface area contributed by atoms with Gasteiger partial charge in [-0.2, -0.15) is 0 Å². The minimum atomic E-state index is -1.13. The molecule has 0 atom stereocenters. The predicted octanol–water partition coefficient (Wildman–Crippen LogP) is 4.30. The predicted molar refractivity (Wildman–Crippen MR) is 115 cm³/mol. The highest BCUT2D eigenvalue weighted by Gasteiger charge is 2.53. The molecular weight excluding hydrogens is 379 g/mol. The number of halogens is 1. The molecule has 8 heteroatoms. The van der Waals surface area contributed by atoms with Gasteiger partial charge in [0, 0.05) is 31.7 Å². The van der Waals surface area contributed by atoms with Gasteiger partial charge in [-0.1, -0.05) is 31.2 Å². The fourth-order valence-corrected chi connectivity index (χ4v) is 4.09. The molecule has 1 fully saturated rings. The highest BCUT2D eigenvalue weighted by atomic mass is 35.5. The maximum atomic E-state index is 6.78. The maximum Gasteiger partial charge on any atom is 0.498 e. The van der Waals surface area contributed by atoms with Gasteiger partial charge >= 0.3 is 7.12 Å². The normalized spacial score (nSPS) is 19.2. The number of aromatic nitrogens is 2. The van der Waals surface area contributed by atoms with Gasteiger partial charge in [0.2, 0.25) is 0 Å². The third-order valence-corrected chi connectivity index (χ3v) is 7.61. The lowest BCUT2D eigenvalue weighted by Gasteiger charge is -2.32. The maximum absolute atomic E-state index is 6.78. The van der Waals surface area contributed by atoms with Gasteiger partial charge in [0.15, 0.2) is 0 Å². The van der Waals surface area contributed by atoms with E-state index >= 15 is 0 Å². The van der Waals surface area contributed by atoms with E-state index in [2.05, 4.69) is 24.6 Å². The lowest BCUT2D eigenvalue weighted by atomic mass is 9.79. The number of rotatable bonds is 6. The molecule has 3 rings (SSSR count). The highest BCUT2D eigenvalue weighted by Crippen LogP contribution is 2.38. The summed E-state index contributed by atoms with van der Waals surface area (Å²) in [6, 6.07) is 5.03. The van der Waals surface area contributed by atoms with Crippen LogP contribution in [0.3, 0.4) is 0 Å². The third-order valence-electron chi connectivity index (χ3n) is 5.50. The van der Waals surface area contributed by atoms with Crippen LogP contribution in [0, 0.1) is 0 Å². The minimum absolute atomic E-state index is 0.371. The van der Waals surface area contributed by atoms with Crippen LogP contribution in [-0.4, -0.2) is 42.6 Å². The minimum Gasteiger partial charge on any atom is -0.399 e. The Kier molecular flexibility index (Phi) is 5.56. The van der Waals surface area contributed by atoms with Crippen LogP contribution >= 0.6 is 11.6 Å². The molecule has 0 radical (unpaired) electrons. The van der Waals surface area contributed by atoms with Gasteiger partial charge in [0.05, 0.1) is 11.2 Å². The molecule has 2 aromatic rings. The number of hydrogen-bond donors (Lipinski definition) is 0. The lowest BCUT2D eigenvalue weighted by Crippen LogP contribution is -2.41. The molecule has 1 aliphatic rings. The topological polar surface area (TPSA) is 45.5 Å². The molecule has 3 heterocycles. The monoisotopic (exact) mass is 408 g/mol. The smallest absolute Gasteiger partial charge is 0.399 e. The fraction of sp³-hybridized carbons (Fsp3) is 0.632. The summed E-state index contributed by atoms with van der Waals surface area (Å²) in [7, 11) is -1.66.